The second-order valence-corrected chi connectivity index (χ2v) is 6.16. The van der Waals surface area contributed by atoms with Crippen LogP contribution in [0.3, 0.4) is 0 Å². The van der Waals surface area contributed by atoms with Crippen molar-refractivity contribution in [1.29, 1.82) is 0 Å². The van der Waals surface area contributed by atoms with E-state index in [1.165, 1.54) is 38.0 Å². The molecular weight excluding hydrogens is 222 g/mol. The molecule has 1 aromatic rings. The molecule has 0 radical (unpaired) electrons. The van der Waals surface area contributed by atoms with E-state index in [1.807, 2.05) is 0 Å². The first-order valence-electron chi connectivity index (χ1n) is 7.03. The van der Waals surface area contributed by atoms with Crippen molar-refractivity contribution in [2.24, 2.45) is 0 Å². The van der Waals surface area contributed by atoms with Crippen LogP contribution in [0.1, 0.15) is 39.2 Å². The monoisotopic (exact) mass is 247 g/mol. The third-order valence-electron chi connectivity index (χ3n) is 3.26. The average Bonchev–Trinajstić information content (AvgIpc) is 2.79. The van der Waals surface area contributed by atoms with Gasteiger partial charge in [-0.25, -0.2) is 0 Å². The highest BCUT2D eigenvalue weighted by Gasteiger charge is 2.12. The Kier molecular flexibility index (Phi) is 4.28. The maximum atomic E-state index is 5.82. The fourth-order valence-electron chi connectivity index (χ4n) is 2.37. The highest BCUT2D eigenvalue weighted by atomic mass is 16.5. The van der Waals surface area contributed by atoms with E-state index in [2.05, 4.69) is 49.9 Å². The van der Waals surface area contributed by atoms with Crippen LogP contribution in [-0.2, 0) is 6.42 Å². The number of ether oxygens (including phenoxy) is 1. The Morgan fingerprint density at radius 1 is 1.06 bits per heavy atom. The molecule has 0 unspecified atom stereocenters. The van der Waals surface area contributed by atoms with Crippen LogP contribution in [0.4, 0.5) is 0 Å². The minimum Gasteiger partial charge on any atom is -0.488 e. The van der Waals surface area contributed by atoms with Gasteiger partial charge in [-0.2, -0.15) is 0 Å². The number of likely N-dealkylation sites (tertiary alicyclic amines) is 1. The first kappa shape index (κ1) is 13.4. The van der Waals surface area contributed by atoms with E-state index < -0.39 is 0 Å². The number of hydrogen-bond acceptors (Lipinski definition) is 2. The summed E-state index contributed by atoms with van der Waals surface area (Å²) < 4.78 is 5.82. The predicted octanol–water partition coefficient (Wildman–Crippen LogP) is 3.50. The lowest BCUT2D eigenvalue weighted by molar-refractivity contribution is 0.131. The molecule has 100 valence electrons. The van der Waals surface area contributed by atoms with Crippen molar-refractivity contribution < 1.29 is 4.74 Å². The summed E-state index contributed by atoms with van der Waals surface area (Å²) in [6, 6.07) is 8.56. The fraction of sp³-hybridized carbons (Fsp3) is 0.625. The molecule has 2 nitrogen and oxygen atoms in total. The van der Waals surface area contributed by atoms with Crippen molar-refractivity contribution in [2.45, 2.75) is 45.6 Å². The minimum atomic E-state index is -0.114. The van der Waals surface area contributed by atoms with E-state index in [1.54, 1.807) is 0 Å². The van der Waals surface area contributed by atoms with Gasteiger partial charge in [0.25, 0.3) is 0 Å². The summed E-state index contributed by atoms with van der Waals surface area (Å²) in [5, 5.41) is 0. The van der Waals surface area contributed by atoms with Gasteiger partial charge in [0.15, 0.2) is 0 Å². The summed E-state index contributed by atoms with van der Waals surface area (Å²) in [5.74, 6) is 0.965. The van der Waals surface area contributed by atoms with E-state index >= 15 is 0 Å². The molecule has 18 heavy (non-hydrogen) atoms. The summed E-state index contributed by atoms with van der Waals surface area (Å²) in [6.07, 6.45) is 3.90. The molecule has 0 saturated carbocycles. The Balaban J connectivity index is 1.83. The predicted molar refractivity (Wildman–Crippen MR) is 76.2 cm³/mol. The molecule has 0 bridgehead atoms. The van der Waals surface area contributed by atoms with Crippen LogP contribution in [0, 0.1) is 0 Å². The van der Waals surface area contributed by atoms with E-state index in [0.717, 1.165) is 12.2 Å². The summed E-state index contributed by atoms with van der Waals surface area (Å²) in [7, 11) is 0. The number of rotatable bonds is 4. The molecule has 1 heterocycles. The fourth-order valence-corrected chi connectivity index (χ4v) is 2.37. The molecule has 0 atom stereocenters. The highest BCUT2D eigenvalue weighted by molar-refractivity contribution is 5.27. The van der Waals surface area contributed by atoms with Crippen LogP contribution in [0.15, 0.2) is 24.3 Å². The average molecular weight is 247 g/mol. The van der Waals surface area contributed by atoms with Crippen molar-refractivity contribution in [1.82, 2.24) is 4.90 Å². The Morgan fingerprint density at radius 3 is 2.22 bits per heavy atom. The second kappa shape index (κ2) is 5.75. The molecule has 0 amide bonds. The van der Waals surface area contributed by atoms with Gasteiger partial charge in [-0.1, -0.05) is 12.1 Å². The molecule has 1 aromatic carbocycles. The number of benzene rings is 1. The SMILES string of the molecule is CC(C)(C)Oc1ccc(CCN2CCCC2)cc1. The largest absolute Gasteiger partial charge is 0.488 e. The lowest BCUT2D eigenvalue weighted by Crippen LogP contribution is -2.23. The molecule has 0 spiro atoms. The van der Waals surface area contributed by atoms with Crippen molar-refractivity contribution in [3.05, 3.63) is 29.8 Å². The summed E-state index contributed by atoms with van der Waals surface area (Å²) >= 11 is 0. The Morgan fingerprint density at radius 2 is 1.67 bits per heavy atom. The molecule has 1 aliphatic rings. The zero-order chi connectivity index (χ0) is 13.0. The second-order valence-electron chi connectivity index (χ2n) is 6.16. The smallest absolute Gasteiger partial charge is 0.120 e. The zero-order valence-electron chi connectivity index (χ0n) is 11.9. The molecule has 1 aliphatic heterocycles. The molecule has 1 saturated heterocycles. The first-order chi connectivity index (χ1) is 8.53. The first-order valence-corrected chi connectivity index (χ1v) is 7.03. The van der Waals surface area contributed by atoms with Gasteiger partial charge in [0.2, 0.25) is 0 Å². The van der Waals surface area contributed by atoms with E-state index in [-0.39, 0.29) is 5.60 Å². The van der Waals surface area contributed by atoms with Gasteiger partial charge < -0.3 is 9.64 Å². The highest BCUT2D eigenvalue weighted by Crippen LogP contribution is 2.19. The van der Waals surface area contributed by atoms with Crippen molar-refractivity contribution >= 4 is 0 Å². The lowest BCUT2D eigenvalue weighted by Gasteiger charge is -2.21. The van der Waals surface area contributed by atoms with Gasteiger partial charge >= 0.3 is 0 Å². The normalized spacial score (nSPS) is 17.1. The maximum Gasteiger partial charge on any atom is 0.120 e. The molecule has 0 aliphatic carbocycles. The van der Waals surface area contributed by atoms with Gasteiger partial charge in [0.1, 0.15) is 11.4 Å². The lowest BCUT2D eigenvalue weighted by atomic mass is 10.1. The molecule has 0 N–H and O–H groups in total. The molecule has 2 rings (SSSR count). The van der Waals surface area contributed by atoms with Crippen LogP contribution in [0.25, 0.3) is 0 Å². The number of nitrogens with zero attached hydrogens (tertiary/aromatic N) is 1. The van der Waals surface area contributed by atoms with E-state index in [4.69, 9.17) is 4.74 Å². The third-order valence-corrected chi connectivity index (χ3v) is 3.26. The van der Waals surface area contributed by atoms with Crippen molar-refractivity contribution in [3.8, 4) is 5.75 Å². The van der Waals surface area contributed by atoms with Gasteiger partial charge in [-0.05, 0) is 70.8 Å². The molecule has 1 fully saturated rings. The van der Waals surface area contributed by atoms with Crippen LogP contribution in [-0.4, -0.2) is 30.1 Å². The maximum absolute atomic E-state index is 5.82. The Bertz CT molecular complexity index is 358. The minimum absolute atomic E-state index is 0.114. The van der Waals surface area contributed by atoms with Crippen LogP contribution < -0.4 is 4.74 Å². The molecule has 0 aromatic heterocycles. The standard InChI is InChI=1S/C16H25NO/c1-16(2,3)18-15-8-6-14(7-9-15)10-13-17-11-4-5-12-17/h6-9H,4-5,10-13H2,1-3H3. The van der Waals surface area contributed by atoms with Gasteiger partial charge in [0, 0.05) is 6.54 Å². The van der Waals surface area contributed by atoms with Crippen LogP contribution in [0.5, 0.6) is 5.75 Å². The van der Waals surface area contributed by atoms with Gasteiger partial charge in [-0.15, -0.1) is 0 Å². The summed E-state index contributed by atoms with van der Waals surface area (Å²) in [4.78, 5) is 2.56. The quantitative estimate of drug-likeness (QED) is 0.807. The Hall–Kier alpha value is -1.02. The summed E-state index contributed by atoms with van der Waals surface area (Å²) in [6.45, 7) is 9.99. The zero-order valence-corrected chi connectivity index (χ0v) is 11.9. The van der Waals surface area contributed by atoms with E-state index in [9.17, 15) is 0 Å². The molecular formula is C16H25NO. The molecule has 2 heteroatoms. The van der Waals surface area contributed by atoms with Crippen LogP contribution >= 0.6 is 0 Å². The van der Waals surface area contributed by atoms with Gasteiger partial charge in [0.05, 0.1) is 0 Å². The Labute approximate surface area is 111 Å². The summed E-state index contributed by atoms with van der Waals surface area (Å²) in [5.41, 5.74) is 1.29. The van der Waals surface area contributed by atoms with Crippen LogP contribution in [0.2, 0.25) is 0 Å². The van der Waals surface area contributed by atoms with Crippen molar-refractivity contribution in [3.63, 3.8) is 0 Å². The topological polar surface area (TPSA) is 12.5 Å². The number of hydrogen-bond donors (Lipinski definition) is 0. The van der Waals surface area contributed by atoms with Crippen molar-refractivity contribution in [2.75, 3.05) is 19.6 Å². The van der Waals surface area contributed by atoms with E-state index in [0.29, 0.717) is 0 Å². The third kappa shape index (κ3) is 4.34. The van der Waals surface area contributed by atoms with Gasteiger partial charge in [-0.3, -0.25) is 0 Å².